The predicted octanol–water partition coefficient (Wildman–Crippen LogP) is 0.810. The van der Waals surface area contributed by atoms with E-state index in [2.05, 4.69) is 25.5 Å². The number of H-pyrrole nitrogens is 2. The van der Waals surface area contributed by atoms with Crippen LogP contribution in [0.2, 0.25) is 0 Å². The number of carbonyl (C=O) groups is 3. The van der Waals surface area contributed by atoms with E-state index in [1.54, 1.807) is 23.4 Å². The number of aromatic amines is 2. The molecule has 3 aromatic rings. The number of hydrogen-bond donors (Lipinski definition) is 4. The molecule has 30 heavy (non-hydrogen) atoms. The van der Waals surface area contributed by atoms with Gasteiger partial charge in [0.1, 0.15) is 5.69 Å². The first-order valence-electron chi connectivity index (χ1n) is 9.85. The number of hydrogen-bond acceptors (Lipinski definition) is 5. The number of nitrogens with one attached hydrogen (secondary N) is 3. The molecule has 10 nitrogen and oxygen atoms in total. The van der Waals surface area contributed by atoms with Gasteiger partial charge in [0.25, 0.3) is 17.7 Å². The standard InChI is InChI=1S/C20H21N7O3/c21-17(28)15-7-16(26-25-15)19(30)27-8-12-2-1-5-20(12,9-27)24-18(29)11-3-4-13-14(6-11)23-10-22-13/h3-4,6-7,10,12H,1-2,5,8-9H2,(H2,21,28)(H,22,23)(H,24,29)(H,25,26)/t12-,20-/m0/s1. The number of fused-ring (bicyclic) bond motifs is 2. The maximum Gasteiger partial charge on any atom is 0.271 e. The van der Waals surface area contributed by atoms with Crippen LogP contribution in [0.4, 0.5) is 0 Å². The maximum atomic E-state index is 13.0. The molecule has 1 aliphatic heterocycles. The highest BCUT2D eigenvalue weighted by atomic mass is 16.2. The monoisotopic (exact) mass is 407 g/mol. The number of rotatable bonds is 4. The van der Waals surface area contributed by atoms with Crippen molar-refractivity contribution < 1.29 is 14.4 Å². The third-order valence-electron chi connectivity index (χ3n) is 6.26. The summed E-state index contributed by atoms with van der Waals surface area (Å²) in [6.07, 6.45) is 4.36. The molecule has 10 heteroatoms. The van der Waals surface area contributed by atoms with E-state index in [1.807, 2.05) is 6.07 Å². The van der Waals surface area contributed by atoms with Crippen molar-refractivity contribution in [3.63, 3.8) is 0 Å². The van der Waals surface area contributed by atoms with Crippen LogP contribution in [-0.4, -0.2) is 61.4 Å². The Labute approximate surface area is 171 Å². The van der Waals surface area contributed by atoms with E-state index in [0.29, 0.717) is 18.7 Å². The summed E-state index contributed by atoms with van der Waals surface area (Å²) in [7, 11) is 0. The van der Waals surface area contributed by atoms with E-state index in [0.717, 1.165) is 30.3 Å². The van der Waals surface area contributed by atoms with Crippen LogP contribution >= 0.6 is 0 Å². The van der Waals surface area contributed by atoms with E-state index in [9.17, 15) is 14.4 Å². The normalized spacial score (nSPS) is 22.9. The van der Waals surface area contributed by atoms with Gasteiger partial charge in [-0.2, -0.15) is 5.10 Å². The zero-order valence-electron chi connectivity index (χ0n) is 16.1. The first-order valence-corrected chi connectivity index (χ1v) is 9.85. The smallest absolute Gasteiger partial charge is 0.271 e. The van der Waals surface area contributed by atoms with E-state index in [1.165, 1.54) is 6.07 Å². The minimum atomic E-state index is -0.693. The van der Waals surface area contributed by atoms with Gasteiger partial charge in [-0.05, 0) is 31.0 Å². The van der Waals surface area contributed by atoms with Crippen molar-refractivity contribution in [3.05, 3.63) is 47.5 Å². The van der Waals surface area contributed by atoms with Crippen molar-refractivity contribution in [1.29, 1.82) is 0 Å². The molecule has 5 N–H and O–H groups in total. The molecule has 1 aliphatic carbocycles. The Hall–Kier alpha value is -3.69. The highest BCUT2D eigenvalue weighted by molar-refractivity contribution is 5.99. The molecule has 2 atom stereocenters. The Morgan fingerprint density at radius 2 is 2.13 bits per heavy atom. The van der Waals surface area contributed by atoms with Crippen LogP contribution < -0.4 is 11.1 Å². The fourth-order valence-corrected chi connectivity index (χ4v) is 4.75. The minimum Gasteiger partial charge on any atom is -0.364 e. The van der Waals surface area contributed by atoms with Crippen molar-refractivity contribution in [2.75, 3.05) is 13.1 Å². The Balaban J connectivity index is 1.35. The predicted molar refractivity (Wildman–Crippen MR) is 107 cm³/mol. The number of benzene rings is 1. The average molecular weight is 407 g/mol. The van der Waals surface area contributed by atoms with Crippen molar-refractivity contribution in [2.45, 2.75) is 24.8 Å². The van der Waals surface area contributed by atoms with E-state index in [4.69, 9.17) is 5.73 Å². The molecule has 0 radical (unpaired) electrons. The van der Waals surface area contributed by atoms with Crippen molar-refractivity contribution in [3.8, 4) is 0 Å². The number of imidazole rings is 1. The number of nitrogens with two attached hydrogens (primary N) is 1. The summed E-state index contributed by atoms with van der Waals surface area (Å²) in [5, 5.41) is 9.59. The van der Waals surface area contributed by atoms with Gasteiger partial charge in [-0.15, -0.1) is 0 Å². The molecule has 154 valence electrons. The molecule has 0 bridgehead atoms. The largest absolute Gasteiger partial charge is 0.364 e. The van der Waals surface area contributed by atoms with Gasteiger partial charge in [-0.1, -0.05) is 6.42 Å². The summed E-state index contributed by atoms with van der Waals surface area (Å²) in [5.74, 6) is -0.927. The second-order valence-corrected chi connectivity index (χ2v) is 8.05. The van der Waals surface area contributed by atoms with Crippen molar-refractivity contribution in [1.82, 2.24) is 30.4 Å². The van der Waals surface area contributed by atoms with Gasteiger partial charge >= 0.3 is 0 Å². The topological polar surface area (TPSA) is 150 Å². The van der Waals surface area contributed by atoms with Gasteiger partial charge in [-0.25, -0.2) is 4.98 Å². The van der Waals surface area contributed by atoms with Crippen LogP contribution in [0.1, 0.15) is 50.6 Å². The molecule has 5 rings (SSSR count). The van der Waals surface area contributed by atoms with Gasteiger partial charge in [0.2, 0.25) is 0 Å². The Morgan fingerprint density at radius 1 is 1.27 bits per heavy atom. The SMILES string of the molecule is NC(=O)c1cc(C(=O)N2C[C@@H]3CCC[C@]3(NC(=O)c3ccc4nc[nH]c4c3)C2)[nH]n1. The van der Waals surface area contributed by atoms with E-state index in [-0.39, 0.29) is 29.1 Å². The molecule has 1 saturated heterocycles. The maximum absolute atomic E-state index is 13.0. The number of amides is 3. The average Bonchev–Trinajstić information content (AvgIpc) is 3.48. The molecule has 3 heterocycles. The molecular weight excluding hydrogens is 386 g/mol. The lowest BCUT2D eigenvalue weighted by Gasteiger charge is -2.30. The molecule has 2 aliphatic rings. The molecule has 2 aromatic heterocycles. The van der Waals surface area contributed by atoms with Gasteiger partial charge in [-0.3, -0.25) is 19.5 Å². The van der Waals surface area contributed by atoms with Gasteiger partial charge in [0.15, 0.2) is 5.69 Å². The fourth-order valence-electron chi connectivity index (χ4n) is 4.75. The zero-order valence-corrected chi connectivity index (χ0v) is 16.1. The lowest BCUT2D eigenvalue weighted by Crippen LogP contribution is -2.52. The quantitative estimate of drug-likeness (QED) is 0.505. The fraction of sp³-hybridized carbons (Fsp3) is 0.350. The Morgan fingerprint density at radius 3 is 2.93 bits per heavy atom. The van der Waals surface area contributed by atoms with Crippen molar-refractivity contribution >= 4 is 28.8 Å². The summed E-state index contributed by atoms with van der Waals surface area (Å²) in [4.78, 5) is 46.1. The molecular formula is C20H21N7O3. The van der Waals surface area contributed by atoms with Crippen LogP contribution in [0.3, 0.4) is 0 Å². The minimum absolute atomic E-state index is 0.0231. The van der Waals surface area contributed by atoms with Crippen LogP contribution in [0.5, 0.6) is 0 Å². The molecule has 2 fully saturated rings. The summed E-state index contributed by atoms with van der Waals surface area (Å²) in [6, 6.07) is 6.71. The lowest BCUT2D eigenvalue weighted by atomic mass is 9.90. The summed E-state index contributed by atoms with van der Waals surface area (Å²) < 4.78 is 0. The highest BCUT2D eigenvalue weighted by Crippen LogP contribution is 2.42. The second-order valence-electron chi connectivity index (χ2n) is 8.05. The molecule has 1 aromatic carbocycles. The highest BCUT2D eigenvalue weighted by Gasteiger charge is 2.51. The molecule has 0 unspecified atom stereocenters. The van der Waals surface area contributed by atoms with E-state index < -0.39 is 11.4 Å². The second kappa shape index (κ2) is 6.68. The number of aromatic nitrogens is 4. The third kappa shape index (κ3) is 2.92. The Bertz CT molecular complexity index is 1170. The summed E-state index contributed by atoms with van der Waals surface area (Å²) >= 11 is 0. The van der Waals surface area contributed by atoms with Crippen molar-refractivity contribution in [2.24, 2.45) is 11.7 Å². The number of carbonyl (C=O) groups excluding carboxylic acids is 3. The first-order chi connectivity index (χ1) is 14.4. The summed E-state index contributed by atoms with van der Waals surface area (Å²) in [6.45, 7) is 0.961. The van der Waals surface area contributed by atoms with Gasteiger partial charge in [0.05, 0.1) is 22.9 Å². The van der Waals surface area contributed by atoms with Crippen LogP contribution in [-0.2, 0) is 0 Å². The van der Waals surface area contributed by atoms with Crippen LogP contribution in [0.15, 0.2) is 30.6 Å². The van der Waals surface area contributed by atoms with Gasteiger partial charge in [0, 0.05) is 30.6 Å². The third-order valence-corrected chi connectivity index (χ3v) is 6.26. The van der Waals surface area contributed by atoms with E-state index >= 15 is 0 Å². The molecule has 1 saturated carbocycles. The number of primary amides is 1. The molecule has 0 spiro atoms. The van der Waals surface area contributed by atoms with Gasteiger partial charge < -0.3 is 20.9 Å². The molecule has 3 amide bonds. The zero-order chi connectivity index (χ0) is 20.9. The first kappa shape index (κ1) is 18.3. The number of nitrogens with zero attached hydrogens (tertiary/aromatic N) is 3. The number of likely N-dealkylation sites (tertiary alicyclic amines) is 1. The Kier molecular flexibility index (Phi) is 4.09. The summed E-state index contributed by atoms with van der Waals surface area (Å²) in [5.41, 5.74) is 7.15. The van der Waals surface area contributed by atoms with Crippen LogP contribution in [0, 0.1) is 5.92 Å². The lowest BCUT2D eigenvalue weighted by molar-refractivity contribution is 0.0757. The van der Waals surface area contributed by atoms with Crippen LogP contribution in [0.25, 0.3) is 11.0 Å².